The highest BCUT2D eigenvalue weighted by atomic mass is 28.1. The summed E-state index contributed by atoms with van der Waals surface area (Å²) in [4.78, 5) is 11.3. The predicted octanol–water partition coefficient (Wildman–Crippen LogP) is -1.07. The topological polar surface area (TPSA) is 41.6 Å². The quantitative estimate of drug-likeness (QED) is 0.407. The Kier molecular flexibility index (Phi) is 1.45. The maximum atomic E-state index is 5.21. The Balaban J connectivity index is 2.86. The van der Waals surface area contributed by atoms with Crippen LogP contribution in [0.4, 0.5) is 0 Å². The SMILES string of the molecule is C#Cc1nc([SiH3])c2cc[nH]c2n1. The summed E-state index contributed by atoms with van der Waals surface area (Å²) in [5.74, 6) is 2.90. The Morgan fingerprint density at radius 3 is 3.08 bits per heavy atom. The van der Waals surface area contributed by atoms with Crippen LogP contribution in [-0.4, -0.2) is 25.2 Å². The van der Waals surface area contributed by atoms with Crippen molar-refractivity contribution >= 4 is 26.6 Å². The van der Waals surface area contributed by atoms with Crippen LogP contribution in [0.3, 0.4) is 0 Å². The third kappa shape index (κ3) is 0.916. The molecule has 0 saturated carbocycles. The van der Waals surface area contributed by atoms with E-state index in [1.807, 2.05) is 12.3 Å². The molecule has 0 spiro atoms. The molecular formula is C8H7N3Si. The first kappa shape index (κ1) is 7.07. The van der Waals surface area contributed by atoms with Crippen LogP contribution in [0.2, 0.25) is 0 Å². The highest BCUT2D eigenvalue weighted by Gasteiger charge is 2.01. The maximum Gasteiger partial charge on any atom is 0.206 e. The molecule has 2 rings (SSSR count). The van der Waals surface area contributed by atoms with Crippen molar-refractivity contribution in [3.05, 3.63) is 18.1 Å². The van der Waals surface area contributed by atoms with Crippen molar-refractivity contribution in [3.63, 3.8) is 0 Å². The third-order valence-electron chi connectivity index (χ3n) is 1.74. The molecule has 0 aliphatic carbocycles. The van der Waals surface area contributed by atoms with Gasteiger partial charge < -0.3 is 4.98 Å². The van der Waals surface area contributed by atoms with Gasteiger partial charge in [-0.1, -0.05) is 0 Å². The molecule has 4 heteroatoms. The number of aromatic nitrogens is 3. The van der Waals surface area contributed by atoms with Crippen molar-refractivity contribution in [2.75, 3.05) is 0 Å². The zero-order chi connectivity index (χ0) is 8.55. The van der Waals surface area contributed by atoms with E-state index in [4.69, 9.17) is 6.42 Å². The molecule has 2 aromatic heterocycles. The van der Waals surface area contributed by atoms with Crippen LogP contribution in [0.25, 0.3) is 11.0 Å². The zero-order valence-corrected chi connectivity index (χ0v) is 8.63. The molecule has 12 heavy (non-hydrogen) atoms. The van der Waals surface area contributed by atoms with Crippen LogP contribution in [0, 0.1) is 12.3 Å². The summed E-state index contributed by atoms with van der Waals surface area (Å²) in [6.07, 6.45) is 7.05. The summed E-state index contributed by atoms with van der Waals surface area (Å²) in [5, 5.41) is 2.13. The average Bonchev–Trinajstić information content (AvgIpc) is 2.52. The number of terminal acetylenes is 1. The average molecular weight is 173 g/mol. The molecule has 0 fully saturated rings. The molecule has 58 valence electrons. The Labute approximate surface area is 72.7 Å². The number of H-pyrrole nitrogens is 1. The molecule has 0 bridgehead atoms. The van der Waals surface area contributed by atoms with E-state index in [0.717, 1.165) is 26.6 Å². The van der Waals surface area contributed by atoms with Gasteiger partial charge >= 0.3 is 0 Å². The van der Waals surface area contributed by atoms with Gasteiger partial charge in [-0.3, -0.25) is 0 Å². The largest absolute Gasteiger partial charge is 0.346 e. The number of aromatic amines is 1. The van der Waals surface area contributed by atoms with Crippen molar-refractivity contribution in [2.45, 2.75) is 0 Å². The fourth-order valence-corrected chi connectivity index (χ4v) is 1.77. The molecule has 0 aliphatic heterocycles. The minimum Gasteiger partial charge on any atom is -0.346 e. The van der Waals surface area contributed by atoms with Crippen molar-refractivity contribution < 1.29 is 0 Å². The monoisotopic (exact) mass is 173 g/mol. The van der Waals surface area contributed by atoms with E-state index < -0.39 is 0 Å². The lowest BCUT2D eigenvalue weighted by molar-refractivity contribution is 1.18. The van der Waals surface area contributed by atoms with Gasteiger partial charge in [-0.2, -0.15) is 0 Å². The highest BCUT2D eigenvalue weighted by Crippen LogP contribution is 2.04. The standard InChI is InChI=1S/C8H7N3Si/c1-2-6-10-7-5(3-4-9-7)8(12)11-6/h1,3-4H,12H3,(H,9,10,11). The first-order chi connectivity index (χ1) is 5.81. The van der Waals surface area contributed by atoms with Crippen LogP contribution in [0.15, 0.2) is 12.3 Å². The lowest BCUT2D eigenvalue weighted by Gasteiger charge is -1.95. The van der Waals surface area contributed by atoms with Gasteiger partial charge in [0.15, 0.2) is 0 Å². The normalized spacial score (nSPS) is 10.2. The van der Waals surface area contributed by atoms with Gasteiger partial charge in [-0.25, -0.2) is 9.97 Å². The molecule has 3 nitrogen and oxygen atoms in total. The maximum absolute atomic E-state index is 5.21. The van der Waals surface area contributed by atoms with E-state index in [0.29, 0.717) is 5.82 Å². The summed E-state index contributed by atoms with van der Waals surface area (Å²) in [6.45, 7) is 0. The summed E-state index contributed by atoms with van der Waals surface area (Å²) >= 11 is 0. The van der Waals surface area contributed by atoms with Gasteiger partial charge in [0, 0.05) is 16.9 Å². The number of nitrogens with one attached hydrogen (secondary N) is 1. The second-order valence-corrected chi connectivity index (χ2v) is 3.46. The van der Waals surface area contributed by atoms with Crippen molar-refractivity contribution in [2.24, 2.45) is 0 Å². The van der Waals surface area contributed by atoms with Crippen molar-refractivity contribution in [1.82, 2.24) is 15.0 Å². The fourth-order valence-electron chi connectivity index (χ4n) is 1.16. The lowest BCUT2D eigenvalue weighted by Crippen LogP contribution is -2.11. The van der Waals surface area contributed by atoms with E-state index in [9.17, 15) is 0 Å². The Morgan fingerprint density at radius 1 is 1.50 bits per heavy atom. The Bertz CT molecular complexity index is 467. The summed E-state index contributed by atoms with van der Waals surface area (Å²) in [6, 6.07) is 1.97. The van der Waals surface area contributed by atoms with E-state index in [1.165, 1.54) is 0 Å². The molecule has 0 atom stereocenters. The van der Waals surface area contributed by atoms with Crippen molar-refractivity contribution in [3.8, 4) is 12.3 Å². The smallest absolute Gasteiger partial charge is 0.206 e. The zero-order valence-electron chi connectivity index (χ0n) is 6.63. The minimum absolute atomic E-state index is 0.468. The molecule has 0 aliphatic rings. The van der Waals surface area contributed by atoms with Gasteiger partial charge in [0.05, 0.1) is 10.2 Å². The van der Waals surface area contributed by atoms with Gasteiger partial charge in [0.2, 0.25) is 5.82 Å². The molecule has 0 amide bonds. The van der Waals surface area contributed by atoms with Crippen LogP contribution >= 0.6 is 0 Å². The number of fused-ring (bicyclic) bond motifs is 1. The predicted molar refractivity (Wildman–Crippen MR) is 51.4 cm³/mol. The molecule has 0 unspecified atom stereocenters. The van der Waals surface area contributed by atoms with E-state index in [-0.39, 0.29) is 0 Å². The fraction of sp³-hybridized carbons (Fsp3) is 0. The van der Waals surface area contributed by atoms with Crippen LogP contribution in [-0.2, 0) is 0 Å². The molecule has 1 N–H and O–H groups in total. The third-order valence-corrected chi connectivity index (χ3v) is 2.50. The number of rotatable bonds is 0. The number of hydrogen-bond donors (Lipinski definition) is 1. The minimum atomic E-state index is 0.468. The second kappa shape index (κ2) is 2.46. The van der Waals surface area contributed by atoms with Crippen LogP contribution in [0.5, 0.6) is 0 Å². The Morgan fingerprint density at radius 2 is 2.33 bits per heavy atom. The summed E-state index contributed by atoms with van der Waals surface area (Å²) in [5.41, 5.74) is 0.836. The first-order valence-corrected chi connectivity index (χ1v) is 4.59. The summed E-state index contributed by atoms with van der Waals surface area (Å²) in [7, 11) is 0.889. The van der Waals surface area contributed by atoms with E-state index >= 15 is 0 Å². The molecular weight excluding hydrogens is 166 g/mol. The number of nitrogens with zero attached hydrogens (tertiary/aromatic N) is 2. The molecule has 0 aromatic carbocycles. The number of hydrogen-bond acceptors (Lipinski definition) is 2. The van der Waals surface area contributed by atoms with E-state index in [1.54, 1.807) is 0 Å². The van der Waals surface area contributed by atoms with Gasteiger partial charge in [0.1, 0.15) is 5.65 Å². The molecule has 2 aromatic rings. The molecule has 2 heterocycles. The highest BCUT2D eigenvalue weighted by molar-refractivity contribution is 6.36. The van der Waals surface area contributed by atoms with Crippen LogP contribution in [0.1, 0.15) is 5.82 Å². The summed E-state index contributed by atoms with van der Waals surface area (Å²) < 4.78 is 0. The van der Waals surface area contributed by atoms with Gasteiger partial charge in [0.25, 0.3) is 0 Å². The van der Waals surface area contributed by atoms with Crippen molar-refractivity contribution in [1.29, 1.82) is 0 Å². The second-order valence-electron chi connectivity index (χ2n) is 2.52. The lowest BCUT2D eigenvalue weighted by atomic mass is 10.4. The van der Waals surface area contributed by atoms with Crippen LogP contribution < -0.4 is 5.32 Å². The van der Waals surface area contributed by atoms with Gasteiger partial charge in [-0.05, 0) is 12.0 Å². The molecule has 0 radical (unpaired) electrons. The van der Waals surface area contributed by atoms with E-state index in [2.05, 4.69) is 20.9 Å². The molecule has 0 saturated heterocycles. The first-order valence-electron chi connectivity index (χ1n) is 3.59. The van der Waals surface area contributed by atoms with Gasteiger partial charge in [-0.15, -0.1) is 6.42 Å². The Hall–Kier alpha value is -1.60.